The van der Waals surface area contributed by atoms with Crippen LogP contribution in [0.25, 0.3) is 11.4 Å². The molecule has 0 bridgehead atoms. The van der Waals surface area contributed by atoms with Gasteiger partial charge in [-0.2, -0.15) is 5.10 Å². The fourth-order valence-electron chi connectivity index (χ4n) is 4.76. The molecule has 5 rings (SSSR count). The Balaban J connectivity index is 1.35. The van der Waals surface area contributed by atoms with Crippen molar-refractivity contribution in [3.63, 3.8) is 0 Å². The molecule has 4 heterocycles. The number of aryl methyl sites for hydroxylation is 1. The molecule has 0 amide bonds. The molecule has 1 fully saturated rings. The zero-order valence-corrected chi connectivity index (χ0v) is 25.0. The van der Waals surface area contributed by atoms with Crippen LogP contribution in [0.1, 0.15) is 29.3 Å². The number of para-hydroxylation sites is 1. The number of rotatable bonds is 10. The second-order valence-electron chi connectivity index (χ2n) is 9.96. The predicted octanol–water partition coefficient (Wildman–Crippen LogP) is 4.27. The summed E-state index contributed by atoms with van der Waals surface area (Å²) in [6.07, 6.45) is 5.36. The van der Waals surface area contributed by atoms with E-state index in [1.807, 2.05) is 43.5 Å². The molecule has 2 N–H and O–H groups in total. The molecule has 1 aliphatic rings. The van der Waals surface area contributed by atoms with E-state index < -0.39 is 9.73 Å². The lowest BCUT2D eigenvalue weighted by atomic mass is 10.1. The lowest BCUT2D eigenvalue weighted by Crippen LogP contribution is -2.39. The first kappa shape index (κ1) is 29.1. The van der Waals surface area contributed by atoms with E-state index in [0.29, 0.717) is 58.1 Å². The van der Waals surface area contributed by atoms with Gasteiger partial charge in [0.1, 0.15) is 18.0 Å². The minimum Gasteiger partial charge on any atom is -0.494 e. The van der Waals surface area contributed by atoms with Crippen molar-refractivity contribution < 1.29 is 13.7 Å². The molecular formula is C29H35N9O3S. The van der Waals surface area contributed by atoms with E-state index in [1.54, 1.807) is 44.5 Å². The van der Waals surface area contributed by atoms with Crippen LogP contribution in [0.15, 0.2) is 59.5 Å². The number of hydrogen-bond donors (Lipinski definition) is 2. The van der Waals surface area contributed by atoms with Gasteiger partial charge < -0.3 is 15.4 Å². The average Bonchev–Trinajstić information content (AvgIpc) is 3.45. The van der Waals surface area contributed by atoms with Crippen LogP contribution in [0.3, 0.4) is 0 Å². The lowest BCUT2D eigenvalue weighted by Gasteiger charge is -2.28. The number of ether oxygens (including phenoxy) is 1. The summed E-state index contributed by atoms with van der Waals surface area (Å²) in [4.78, 5) is 28.5. The molecule has 220 valence electrons. The number of carbonyl (C=O) groups is 1. The van der Waals surface area contributed by atoms with Crippen molar-refractivity contribution in [1.29, 1.82) is 0 Å². The van der Waals surface area contributed by atoms with E-state index in [-0.39, 0.29) is 5.78 Å². The largest absolute Gasteiger partial charge is 0.494 e. The van der Waals surface area contributed by atoms with Crippen molar-refractivity contribution in [1.82, 2.24) is 29.6 Å². The van der Waals surface area contributed by atoms with Crippen molar-refractivity contribution in [2.75, 3.05) is 49.4 Å². The molecule has 13 heteroatoms. The number of carbonyl (C=O) groups excluding carboxylic acids is 1. The lowest BCUT2D eigenvalue weighted by molar-refractivity contribution is 0.0988. The van der Waals surface area contributed by atoms with Crippen LogP contribution in [0.4, 0.5) is 23.0 Å². The van der Waals surface area contributed by atoms with E-state index in [0.717, 1.165) is 30.8 Å². The molecule has 1 aromatic carbocycles. The predicted molar refractivity (Wildman–Crippen MR) is 164 cm³/mol. The standard InChI is InChI=1S/C29H35N9O3S/c1-5-25(39)22-17-32-27(35-26-10-9-20(16-31-26)18-38-11-13-42(40,30-2)14-12-38)15-24(22)34-23-8-6-7-21(28(23)41-4)29-33-19-37(3)36-29/h6-10,15-17,19H,5,11-14,18H2,1-4H3,(H2,31,32,34,35). The number of methoxy groups -OCH3 is 1. The zero-order valence-electron chi connectivity index (χ0n) is 24.2. The molecule has 1 aliphatic heterocycles. The molecule has 1 saturated heterocycles. The third-order valence-corrected chi connectivity index (χ3v) is 9.43. The maximum absolute atomic E-state index is 12.8. The molecule has 3 aromatic heterocycles. The molecule has 42 heavy (non-hydrogen) atoms. The van der Waals surface area contributed by atoms with Gasteiger partial charge in [0, 0.05) is 79.8 Å². The van der Waals surface area contributed by atoms with Gasteiger partial charge in [-0.1, -0.05) is 19.1 Å². The highest BCUT2D eigenvalue weighted by molar-refractivity contribution is 7.93. The minimum atomic E-state index is -2.04. The van der Waals surface area contributed by atoms with Crippen LogP contribution in [0, 0.1) is 0 Å². The summed E-state index contributed by atoms with van der Waals surface area (Å²) < 4.78 is 23.9. The molecule has 0 radical (unpaired) electrons. The summed E-state index contributed by atoms with van der Waals surface area (Å²) in [5.74, 6) is 3.41. The molecule has 0 spiro atoms. The van der Waals surface area contributed by atoms with Crippen molar-refractivity contribution in [2.24, 2.45) is 11.4 Å². The number of aromatic nitrogens is 5. The van der Waals surface area contributed by atoms with Crippen molar-refractivity contribution >= 4 is 38.5 Å². The SMILES string of the molecule is CCC(=O)c1cnc(Nc2ccc(CN3CCS(=O)(=NC)CC3)cn2)cc1Nc1cccc(-c2ncn(C)n2)c1OC. The number of nitrogens with one attached hydrogen (secondary N) is 2. The Morgan fingerprint density at radius 3 is 2.48 bits per heavy atom. The van der Waals surface area contributed by atoms with Gasteiger partial charge in [-0.25, -0.2) is 23.5 Å². The van der Waals surface area contributed by atoms with E-state index in [9.17, 15) is 9.00 Å². The first-order valence-corrected chi connectivity index (χ1v) is 15.5. The topological polar surface area (TPSA) is 140 Å². The number of hydrogen-bond acceptors (Lipinski definition) is 11. The third-order valence-electron chi connectivity index (χ3n) is 7.13. The fourth-order valence-corrected chi connectivity index (χ4v) is 6.41. The van der Waals surface area contributed by atoms with Gasteiger partial charge in [0.2, 0.25) is 0 Å². The molecule has 0 unspecified atom stereocenters. The van der Waals surface area contributed by atoms with E-state index >= 15 is 0 Å². The minimum absolute atomic E-state index is 0.0401. The highest BCUT2D eigenvalue weighted by Crippen LogP contribution is 2.37. The summed E-state index contributed by atoms with van der Waals surface area (Å²) in [5.41, 5.74) is 3.50. The van der Waals surface area contributed by atoms with Gasteiger partial charge >= 0.3 is 0 Å². The van der Waals surface area contributed by atoms with Crippen LogP contribution >= 0.6 is 0 Å². The van der Waals surface area contributed by atoms with Crippen LogP contribution < -0.4 is 15.4 Å². The van der Waals surface area contributed by atoms with E-state index in [4.69, 9.17) is 4.74 Å². The Morgan fingerprint density at radius 1 is 1.05 bits per heavy atom. The van der Waals surface area contributed by atoms with Gasteiger partial charge in [-0.3, -0.25) is 14.4 Å². The third kappa shape index (κ3) is 6.58. The smallest absolute Gasteiger partial charge is 0.184 e. The number of ketones is 1. The second kappa shape index (κ2) is 12.7. The molecule has 0 atom stereocenters. The highest BCUT2D eigenvalue weighted by Gasteiger charge is 2.20. The van der Waals surface area contributed by atoms with Gasteiger partial charge in [0.25, 0.3) is 0 Å². The summed E-state index contributed by atoms with van der Waals surface area (Å²) in [5, 5.41) is 11.0. The van der Waals surface area contributed by atoms with E-state index in [1.165, 1.54) is 0 Å². The Kier molecular flexibility index (Phi) is 8.78. The Morgan fingerprint density at radius 2 is 1.83 bits per heavy atom. The number of nitrogens with zero attached hydrogens (tertiary/aromatic N) is 7. The zero-order chi connectivity index (χ0) is 29.7. The van der Waals surface area contributed by atoms with Crippen molar-refractivity contribution in [3.8, 4) is 17.1 Å². The van der Waals surface area contributed by atoms with Gasteiger partial charge in [-0.05, 0) is 23.8 Å². The molecule has 0 aliphatic carbocycles. The average molecular weight is 590 g/mol. The van der Waals surface area contributed by atoms with Crippen LogP contribution in [0.5, 0.6) is 5.75 Å². The summed E-state index contributed by atoms with van der Waals surface area (Å²) in [7, 11) is 3.00. The summed E-state index contributed by atoms with van der Waals surface area (Å²) in [6, 6.07) is 11.3. The number of benzene rings is 1. The number of anilines is 4. The number of Topliss-reactive ketones (excluding diaryl/α,β-unsaturated/α-hetero) is 1. The Bertz CT molecular complexity index is 1680. The number of pyridine rings is 2. The Hall–Kier alpha value is -4.36. The maximum atomic E-state index is 12.8. The van der Waals surface area contributed by atoms with Gasteiger partial charge in [0.05, 0.1) is 29.6 Å². The van der Waals surface area contributed by atoms with E-state index in [2.05, 4.69) is 39.9 Å². The molecule has 4 aromatic rings. The molecule has 12 nitrogen and oxygen atoms in total. The van der Waals surface area contributed by atoms with Gasteiger partial charge in [-0.15, -0.1) is 0 Å². The quantitative estimate of drug-likeness (QED) is 0.258. The normalized spacial score (nSPS) is 14.8. The van der Waals surface area contributed by atoms with Crippen LogP contribution in [0.2, 0.25) is 0 Å². The van der Waals surface area contributed by atoms with Crippen molar-refractivity contribution in [3.05, 3.63) is 66.2 Å². The highest BCUT2D eigenvalue weighted by atomic mass is 32.2. The monoisotopic (exact) mass is 589 g/mol. The maximum Gasteiger partial charge on any atom is 0.184 e. The molecule has 0 saturated carbocycles. The summed E-state index contributed by atoms with van der Waals surface area (Å²) >= 11 is 0. The van der Waals surface area contributed by atoms with Crippen LogP contribution in [-0.4, -0.2) is 78.4 Å². The van der Waals surface area contributed by atoms with Crippen LogP contribution in [-0.2, 0) is 23.3 Å². The Labute approximate surface area is 245 Å². The van der Waals surface area contributed by atoms with Gasteiger partial charge in [0.15, 0.2) is 17.4 Å². The molecular weight excluding hydrogens is 554 g/mol. The fraction of sp³-hybridized carbons (Fsp3) is 0.345. The first-order valence-electron chi connectivity index (χ1n) is 13.7. The summed E-state index contributed by atoms with van der Waals surface area (Å²) in [6.45, 7) is 4.07. The van der Waals surface area contributed by atoms with Crippen molar-refractivity contribution in [2.45, 2.75) is 19.9 Å². The first-order chi connectivity index (χ1) is 20.3. The second-order valence-corrected chi connectivity index (χ2v) is 12.7.